The number of hydrogen-bond donors (Lipinski definition) is 0. The summed E-state index contributed by atoms with van der Waals surface area (Å²) < 4.78 is 0. The molecule has 0 bridgehead atoms. The molecule has 0 fully saturated rings. The van der Waals surface area contributed by atoms with Crippen molar-refractivity contribution in [1.82, 2.24) is 4.90 Å². The van der Waals surface area contributed by atoms with Crippen LogP contribution in [0.4, 0.5) is 0 Å². The summed E-state index contributed by atoms with van der Waals surface area (Å²) >= 11 is 0. The molecule has 1 aliphatic carbocycles. The molecule has 1 amide bonds. The second-order valence-electron chi connectivity index (χ2n) is 3.64. The Morgan fingerprint density at radius 2 is 2.25 bits per heavy atom. The summed E-state index contributed by atoms with van der Waals surface area (Å²) in [5.41, 5.74) is 0. The number of carbonyl (C=O) groups excluding carboxylic acids is 1. The van der Waals surface area contributed by atoms with Crippen LogP contribution >= 0.6 is 0 Å². The standard InChI is InChI=1S/C10H17NO/c1-11(2)10(12)8-9-6-4-3-5-7-9/h3-4,9H,5-8H2,1-2H3. The lowest BCUT2D eigenvalue weighted by Gasteiger charge is -2.19. The summed E-state index contributed by atoms with van der Waals surface area (Å²) in [5, 5.41) is 0. The third-order valence-electron chi connectivity index (χ3n) is 2.34. The second-order valence-corrected chi connectivity index (χ2v) is 3.64. The van der Waals surface area contributed by atoms with Gasteiger partial charge in [0, 0.05) is 20.5 Å². The first-order valence-corrected chi connectivity index (χ1v) is 4.55. The van der Waals surface area contributed by atoms with Gasteiger partial charge in [-0.15, -0.1) is 0 Å². The molecular weight excluding hydrogens is 150 g/mol. The number of allylic oxidation sites excluding steroid dienone is 2. The second kappa shape index (κ2) is 4.29. The van der Waals surface area contributed by atoms with Crippen molar-refractivity contribution in [2.24, 2.45) is 5.92 Å². The maximum Gasteiger partial charge on any atom is 0.222 e. The van der Waals surface area contributed by atoms with Crippen molar-refractivity contribution >= 4 is 5.91 Å². The van der Waals surface area contributed by atoms with E-state index in [1.165, 1.54) is 6.42 Å². The van der Waals surface area contributed by atoms with E-state index in [1.54, 1.807) is 4.90 Å². The Labute approximate surface area is 74.2 Å². The summed E-state index contributed by atoms with van der Waals surface area (Å²) in [4.78, 5) is 13.0. The van der Waals surface area contributed by atoms with Crippen molar-refractivity contribution in [3.05, 3.63) is 12.2 Å². The van der Waals surface area contributed by atoms with Crippen LogP contribution in [0.2, 0.25) is 0 Å². The van der Waals surface area contributed by atoms with Gasteiger partial charge in [0.25, 0.3) is 0 Å². The third kappa shape index (κ3) is 2.68. The van der Waals surface area contributed by atoms with Crippen molar-refractivity contribution in [3.8, 4) is 0 Å². The zero-order chi connectivity index (χ0) is 8.97. The van der Waals surface area contributed by atoms with Gasteiger partial charge in [0.1, 0.15) is 0 Å². The lowest BCUT2D eigenvalue weighted by Crippen LogP contribution is -2.24. The van der Waals surface area contributed by atoms with E-state index in [-0.39, 0.29) is 5.91 Å². The number of nitrogens with zero attached hydrogens (tertiary/aromatic N) is 1. The fourth-order valence-corrected chi connectivity index (χ4v) is 1.47. The van der Waals surface area contributed by atoms with Crippen LogP contribution in [0.1, 0.15) is 25.7 Å². The predicted molar refractivity (Wildman–Crippen MR) is 49.8 cm³/mol. The van der Waals surface area contributed by atoms with Crippen molar-refractivity contribution in [2.75, 3.05) is 14.1 Å². The van der Waals surface area contributed by atoms with E-state index >= 15 is 0 Å². The molecule has 0 aromatic heterocycles. The highest BCUT2D eigenvalue weighted by Crippen LogP contribution is 2.21. The van der Waals surface area contributed by atoms with Gasteiger partial charge in [-0.05, 0) is 25.2 Å². The first kappa shape index (κ1) is 9.30. The van der Waals surface area contributed by atoms with Crippen LogP contribution in [0.5, 0.6) is 0 Å². The average Bonchev–Trinajstić information content (AvgIpc) is 2.06. The molecule has 2 heteroatoms. The van der Waals surface area contributed by atoms with Crippen LogP contribution in [0.15, 0.2) is 12.2 Å². The Bertz CT molecular complexity index is 184. The summed E-state index contributed by atoms with van der Waals surface area (Å²) in [6, 6.07) is 0. The zero-order valence-corrected chi connectivity index (χ0v) is 7.92. The molecule has 2 nitrogen and oxygen atoms in total. The van der Waals surface area contributed by atoms with E-state index in [0.717, 1.165) is 19.3 Å². The third-order valence-corrected chi connectivity index (χ3v) is 2.34. The highest BCUT2D eigenvalue weighted by Gasteiger charge is 2.14. The largest absolute Gasteiger partial charge is 0.349 e. The lowest BCUT2D eigenvalue weighted by molar-refractivity contribution is -0.129. The van der Waals surface area contributed by atoms with Gasteiger partial charge in [-0.25, -0.2) is 0 Å². The molecule has 0 saturated heterocycles. The Morgan fingerprint density at radius 1 is 1.50 bits per heavy atom. The molecule has 1 aliphatic rings. The number of rotatable bonds is 2. The molecule has 0 aromatic carbocycles. The number of amides is 1. The first-order valence-electron chi connectivity index (χ1n) is 4.55. The molecule has 0 aliphatic heterocycles. The minimum absolute atomic E-state index is 0.260. The highest BCUT2D eigenvalue weighted by molar-refractivity contribution is 5.75. The lowest BCUT2D eigenvalue weighted by atomic mass is 9.91. The Kier molecular flexibility index (Phi) is 3.32. The summed E-state index contributed by atoms with van der Waals surface area (Å²) in [6.07, 6.45) is 8.52. The maximum atomic E-state index is 11.3. The molecule has 0 aromatic rings. The molecule has 0 spiro atoms. The molecule has 1 atom stereocenters. The molecule has 1 unspecified atom stereocenters. The number of hydrogen-bond acceptors (Lipinski definition) is 1. The van der Waals surface area contributed by atoms with Gasteiger partial charge in [0.05, 0.1) is 0 Å². The molecule has 0 N–H and O–H groups in total. The Hall–Kier alpha value is -0.790. The van der Waals surface area contributed by atoms with Crippen molar-refractivity contribution < 1.29 is 4.79 Å². The van der Waals surface area contributed by atoms with E-state index in [0.29, 0.717) is 5.92 Å². The fourth-order valence-electron chi connectivity index (χ4n) is 1.47. The Balaban J connectivity index is 2.31. The van der Waals surface area contributed by atoms with E-state index in [1.807, 2.05) is 14.1 Å². The molecule has 0 heterocycles. The zero-order valence-electron chi connectivity index (χ0n) is 7.92. The van der Waals surface area contributed by atoms with Crippen LogP contribution in [0, 0.1) is 5.92 Å². The monoisotopic (exact) mass is 167 g/mol. The van der Waals surface area contributed by atoms with Crippen LogP contribution in [-0.2, 0) is 4.79 Å². The summed E-state index contributed by atoms with van der Waals surface area (Å²) in [6.45, 7) is 0. The van der Waals surface area contributed by atoms with E-state index < -0.39 is 0 Å². The van der Waals surface area contributed by atoms with Gasteiger partial charge in [-0.2, -0.15) is 0 Å². The minimum atomic E-state index is 0.260. The normalized spacial score (nSPS) is 22.3. The fraction of sp³-hybridized carbons (Fsp3) is 0.700. The van der Waals surface area contributed by atoms with Crippen LogP contribution in [0.25, 0.3) is 0 Å². The molecule has 68 valence electrons. The SMILES string of the molecule is CN(C)C(=O)CC1CC=CCC1. The number of carbonyl (C=O) groups is 1. The van der Waals surface area contributed by atoms with Crippen LogP contribution < -0.4 is 0 Å². The van der Waals surface area contributed by atoms with Gasteiger partial charge in [0.2, 0.25) is 5.91 Å². The molecular formula is C10H17NO. The van der Waals surface area contributed by atoms with Crippen molar-refractivity contribution in [2.45, 2.75) is 25.7 Å². The van der Waals surface area contributed by atoms with Gasteiger partial charge in [-0.3, -0.25) is 4.79 Å². The van der Waals surface area contributed by atoms with E-state index in [4.69, 9.17) is 0 Å². The predicted octanol–water partition coefficient (Wildman–Crippen LogP) is 1.82. The van der Waals surface area contributed by atoms with Gasteiger partial charge in [-0.1, -0.05) is 12.2 Å². The highest BCUT2D eigenvalue weighted by atomic mass is 16.2. The minimum Gasteiger partial charge on any atom is -0.349 e. The van der Waals surface area contributed by atoms with Crippen molar-refractivity contribution in [3.63, 3.8) is 0 Å². The first-order chi connectivity index (χ1) is 5.70. The van der Waals surface area contributed by atoms with Gasteiger partial charge >= 0.3 is 0 Å². The quantitative estimate of drug-likeness (QED) is 0.574. The maximum absolute atomic E-state index is 11.3. The topological polar surface area (TPSA) is 20.3 Å². The molecule has 0 radical (unpaired) electrons. The molecule has 0 saturated carbocycles. The van der Waals surface area contributed by atoms with Gasteiger partial charge < -0.3 is 4.90 Å². The van der Waals surface area contributed by atoms with Gasteiger partial charge in [0.15, 0.2) is 0 Å². The van der Waals surface area contributed by atoms with Crippen LogP contribution in [-0.4, -0.2) is 24.9 Å². The van der Waals surface area contributed by atoms with Crippen molar-refractivity contribution in [1.29, 1.82) is 0 Å². The Morgan fingerprint density at radius 3 is 2.75 bits per heavy atom. The summed E-state index contributed by atoms with van der Waals surface area (Å²) in [5.74, 6) is 0.847. The smallest absolute Gasteiger partial charge is 0.222 e. The van der Waals surface area contributed by atoms with E-state index in [2.05, 4.69) is 12.2 Å². The van der Waals surface area contributed by atoms with E-state index in [9.17, 15) is 4.79 Å². The molecule has 12 heavy (non-hydrogen) atoms. The molecule has 1 rings (SSSR count). The van der Waals surface area contributed by atoms with Crippen LogP contribution in [0.3, 0.4) is 0 Å². The average molecular weight is 167 g/mol. The summed E-state index contributed by atoms with van der Waals surface area (Å²) in [7, 11) is 3.64.